The van der Waals surface area contributed by atoms with E-state index in [2.05, 4.69) is 20.4 Å². The van der Waals surface area contributed by atoms with Gasteiger partial charge in [0.1, 0.15) is 5.15 Å². The Bertz CT molecular complexity index is 546. The van der Waals surface area contributed by atoms with Crippen molar-refractivity contribution in [3.8, 4) is 5.82 Å². The van der Waals surface area contributed by atoms with Crippen molar-refractivity contribution >= 4 is 23.5 Å². The number of nitrogen functional groups attached to an aromatic ring is 1. The Balaban J connectivity index is 2.40. The summed E-state index contributed by atoms with van der Waals surface area (Å²) in [6.45, 7) is 0. The zero-order valence-electron chi connectivity index (χ0n) is 8.88. The van der Waals surface area contributed by atoms with Gasteiger partial charge in [-0.05, 0) is 6.07 Å². The summed E-state index contributed by atoms with van der Waals surface area (Å²) in [5.74, 6) is 0.166. The summed E-state index contributed by atoms with van der Waals surface area (Å²) in [5.41, 5.74) is 5.74. The molecule has 0 spiro atoms. The van der Waals surface area contributed by atoms with Gasteiger partial charge >= 0.3 is 0 Å². The van der Waals surface area contributed by atoms with Crippen molar-refractivity contribution in [3.05, 3.63) is 29.2 Å². The van der Waals surface area contributed by atoms with Gasteiger partial charge < -0.3 is 11.1 Å². The lowest BCUT2D eigenvalue weighted by atomic mass is 10.4. The van der Waals surface area contributed by atoms with Crippen LogP contribution in [0, 0.1) is 0 Å². The number of hydrogen-bond acceptors (Lipinski definition) is 5. The number of amides is 1. The number of hydrogen-bond donors (Lipinski definition) is 2. The van der Waals surface area contributed by atoms with Crippen molar-refractivity contribution in [2.45, 2.75) is 0 Å². The Labute approximate surface area is 102 Å². The normalized spacial score (nSPS) is 10.2. The van der Waals surface area contributed by atoms with Crippen molar-refractivity contribution < 1.29 is 4.79 Å². The predicted molar refractivity (Wildman–Crippen MR) is 62.0 cm³/mol. The molecule has 2 rings (SSSR count). The molecule has 0 aliphatic carbocycles. The van der Waals surface area contributed by atoms with Crippen LogP contribution in [-0.4, -0.2) is 32.7 Å². The van der Waals surface area contributed by atoms with Crippen LogP contribution in [0.15, 0.2) is 18.3 Å². The molecule has 0 saturated carbocycles. The molecular weight excluding hydrogens is 244 g/mol. The first kappa shape index (κ1) is 11.3. The van der Waals surface area contributed by atoms with E-state index in [1.165, 1.54) is 17.8 Å². The Morgan fingerprint density at radius 3 is 2.94 bits per heavy atom. The summed E-state index contributed by atoms with van der Waals surface area (Å²) in [4.78, 5) is 19.0. The third kappa shape index (κ3) is 2.34. The maximum absolute atomic E-state index is 11.3. The van der Waals surface area contributed by atoms with Crippen LogP contribution < -0.4 is 11.1 Å². The van der Waals surface area contributed by atoms with Crippen LogP contribution in [0.25, 0.3) is 5.82 Å². The minimum absolute atomic E-state index is 0.0458. The molecule has 88 valence electrons. The number of anilines is 1. The van der Waals surface area contributed by atoms with E-state index >= 15 is 0 Å². The molecule has 0 atom stereocenters. The number of aromatic nitrogens is 4. The van der Waals surface area contributed by atoms with Crippen molar-refractivity contribution in [1.29, 1.82) is 0 Å². The Kier molecular flexibility index (Phi) is 2.92. The second-order valence-corrected chi connectivity index (χ2v) is 3.52. The molecule has 17 heavy (non-hydrogen) atoms. The third-order valence-corrected chi connectivity index (χ3v) is 2.18. The van der Waals surface area contributed by atoms with Crippen molar-refractivity contribution in [2.24, 2.45) is 0 Å². The zero-order valence-corrected chi connectivity index (χ0v) is 9.64. The van der Waals surface area contributed by atoms with E-state index in [0.717, 1.165) is 0 Å². The van der Waals surface area contributed by atoms with Crippen LogP contribution >= 0.6 is 11.6 Å². The summed E-state index contributed by atoms with van der Waals surface area (Å²) in [5, 5.41) is 6.72. The molecule has 0 fully saturated rings. The highest BCUT2D eigenvalue weighted by Gasteiger charge is 2.09. The summed E-state index contributed by atoms with van der Waals surface area (Å²) in [6.07, 6.45) is 1.59. The first-order chi connectivity index (χ1) is 8.10. The first-order valence-corrected chi connectivity index (χ1v) is 5.06. The van der Waals surface area contributed by atoms with Gasteiger partial charge in [0, 0.05) is 19.3 Å². The van der Waals surface area contributed by atoms with E-state index in [-0.39, 0.29) is 22.7 Å². The highest BCUT2D eigenvalue weighted by molar-refractivity contribution is 6.29. The molecule has 0 aromatic carbocycles. The van der Waals surface area contributed by atoms with Gasteiger partial charge in [0.25, 0.3) is 5.91 Å². The average molecular weight is 253 g/mol. The number of carbonyl (C=O) groups is 1. The quantitative estimate of drug-likeness (QED) is 0.747. The van der Waals surface area contributed by atoms with E-state index < -0.39 is 0 Å². The fourth-order valence-corrected chi connectivity index (χ4v) is 1.43. The molecule has 2 aromatic rings. The molecule has 2 heterocycles. The van der Waals surface area contributed by atoms with Crippen LogP contribution in [-0.2, 0) is 0 Å². The smallest absolute Gasteiger partial charge is 0.271 e. The predicted octanol–water partition coefficient (Wildman–Crippen LogP) is 0.257. The molecular formula is C9H9ClN6O. The van der Waals surface area contributed by atoms with E-state index in [9.17, 15) is 4.79 Å². The van der Waals surface area contributed by atoms with Gasteiger partial charge in [-0.25, -0.2) is 9.67 Å². The number of nitrogens with one attached hydrogen (secondary N) is 1. The SMILES string of the molecule is CNC(=O)c1ccn(-c2cc(Cl)nc(N)n2)n1. The van der Waals surface area contributed by atoms with E-state index in [1.807, 2.05) is 0 Å². The highest BCUT2D eigenvalue weighted by atomic mass is 35.5. The lowest BCUT2D eigenvalue weighted by molar-refractivity contribution is 0.0957. The number of rotatable bonds is 2. The summed E-state index contributed by atoms with van der Waals surface area (Å²) in [6, 6.07) is 3.06. The van der Waals surface area contributed by atoms with Crippen LogP contribution in [0.1, 0.15) is 10.5 Å². The molecule has 8 heteroatoms. The molecule has 1 amide bonds. The average Bonchev–Trinajstić information content (AvgIpc) is 2.76. The summed E-state index contributed by atoms with van der Waals surface area (Å²) < 4.78 is 1.40. The molecule has 0 bridgehead atoms. The minimum Gasteiger partial charge on any atom is -0.368 e. The summed E-state index contributed by atoms with van der Waals surface area (Å²) >= 11 is 5.75. The van der Waals surface area contributed by atoms with Crippen molar-refractivity contribution in [3.63, 3.8) is 0 Å². The lowest BCUT2D eigenvalue weighted by Crippen LogP contribution is -2.18. The van der Waals surface area contributed by atoms with Crippen LogP contribution in [0.5, 0.6) is 0 Å². The number of halogens is 1. The Hall–Kier alpha value is -2.15. The first-order valence-electron chi connectivity index (χ1n) is 4.68. The van der Waals surface area contributed by atoms with Crippen LogP contribution in [0.3, 0.4) is 0 Å². The zero-order chi connectivity index (χ0) is 12.4. The van der Waals surface area contributed by atoms with Gasteiger partial charge in [-0.3, -0.25) is 4.79 Å². The maximum atomic E-state index is 11.3. The maximum Gasteiger partial charge on any atom is 0.271 e. The van der Waals surface area contributed by atoms with Gasteiger partial charge in [0.2, 0.25) is 5.95 Å². The van der Waals surface area contributed by atoms with Crippen LogP contribution in [0.2, 0.25) is 5.15 Å². The number of nitrogens with two attached hydrogens (primary N) is 1. The van der Waals surface area contributed by atoms with Crippen molar-refractivity contribution in [2.75, 3.05) is 12.8 Å². The fraction of sp³-hybridized carbons (Fsp3) is 0.111. The van der Waals surface area contributed by atoms with Gasteiger partial charge in [-0.15, -0.1) is 0 Å². The van der Waals surface area contributed by atoms with E-state index in [4.69, 9.17) is 17.3 Å². The monoisotopic (exact) mass is 252 g/mol. The number of carbonyl (C=O) groups excluding carboxylic acids is 1. The molecule has 2 aromatic heterocycles. The second-order valence-electron chi connectivity index (χ2n) is 3.13. The molecule has 0 radical (unpaired) electrons. The Morgan fingerprint density at radius 1 is 1.53 bits per heavy atom. The topological polar surface area (TPSA) is 98.7 Å². The molecule has 0 aliphatic rings. The molecule has 3 N–H and O–H groups in total. The largest absolute Gasteiger partial charge is 0.368 e. The van der Waals surface area contributed by atoms with Gasteiger partial charge in [0.05, 0.1) is 0 Å². The van der Waals surface area contributed by atoms with E-state index in [1.54, 1.807) is 12.3 Å². The molecule has 0 saturated heterocycles. The van der Waals surface area contributed by atoms with Crippen molar-refractivity contribution in [1.82, 2.24) is 25.1 Å². The standard InChI is InChI=1S/C9H9ClN6O/c1-12-8(17)5-2-3-16(15-5)7-4-6(10)13-9(11)14-7/h2-4H,1H3,(H,12,17)(H2,11,13,14). The van der Waals surface area contributed by atoms with Gasteiger partial charge in [-0.1, -0.05) is 11.6 Å². The van der Waals surface area contributed by atoms with Crippen LogP contribution in [0.4, 0.5) is 5.95 Å². The highest BCUT2D eigenvalue weighted by Crippen LogP contribution is 2.12. The van der Waals surface area contributed by atoms with E-state index in [0.29, 0.717) is 5.82 Å². The van der Waals surface area contributed by atoms with Gasteiger partial charge in [-0.2, -0.15) is 10.1 Å². The third-order valence-electron chi connectivity index (χ3n) is 1.98. The molecule has 0 unspecified atom stereocenters. The second kappa shape index (κ2) is 4.38. The molecule has 0 aliphatic heterocycles. The summed E-state index contributed by atoms with van der Waals surface area (Å²) in [7, 11) is 1.53. The van der Waals surface area contributed by atoms with Gasteiger partial charge in [0.15, 0.2) is 11.5 Å². The Morgan fingerprint density at radius 2 is 2.29 bits per heavy atom. The minimum atomic E-state index is -0.281. The lowest BCUT2D eigenvalue weighted by Gasteiger charge is -2.01. The fourth-order valence-electron chi connectivity index (χ4n) is 1.24. The number of nitrogens with zero attached hydrogens (tertiary/aromatic N) is 4. The molecule has 7 nitrogen and oxygen atoms in total.